The smallest absolute Gasteiger partial charge is 0.255 e. The molecule has 132 valence electrons. The Morgan fingerprint density at radius 2 is 1.76 bits per heavy atom. The van der Waals surface area contributed by atoms with Crippen molar-refractivity contribution >= 4 is 23.4 Å². The first-order valence-electron chi connectivity index (χ1n) is 8.47. The van der Waals surface area contributed by atoms with E-state index in [2.05, 4.69) is 0 Å². The zero-order valence-corrected chi connectivity index (χ0v) is 15.1. The zero-order chi connectivity index (χ0) is 17.8. The Kier molecular flexibility index (Phi) is 5.43. The highest BCUT2D eigenvalue weighted by molar-refractivity contribution is 6.31. The van der Waals surface area contributed by atoms with Crippen LogP contribution in [0.5, 0.6) is 0 Å². The minimum absolute atomic E-state index is 0.0287. The molecule has 2 heterocycles. The lowest BCUT2D eigenvalue weighted by atomic mass is 10.1. The van der Waals surface area contributed by atoms with Gasteiger partial charge in [0.15, 0.2) is 0 Å². The van der Waals surface area contributed by atoms with E-state index in [1.54, 1.807) is 6.07 Å². The number of carbonyl (C=O) groups excluding carboxylic acids is 2. The molecule has 0 unspecified atom stereocenters. The molecular formula is C19H22ClN3O2. The van der Waals surface area contributed by atoms with Crippen LogP contribution in [-0.4, -0.2) is 52.4 Å². The monoisotopic (exact) mass is 359 g/mol. The molecule has 0 radical (unpaired) electrons. The summed E-state index contributed by atoms with van der Waals surface area (Å²) in [6.45, 7) is 2.45. The third-order valence-corrected chi connectivity index (χ3v) is 4.88. The third-order valence-electron chi connectivity index (χ3n) is 4.51. The molecule has 2 aromatic rings. The lowest BCUT2D eigenvalue weighted by molar-refractivity contribution is -0.130. The van der Waals surface area contributed by atoms with E-state index in [9.17, 15) is 9.59 Å². The first-order chi connectivity index (χ1) is 12.0. The van der Waals surface area contributed by atoms with Crippen LogP contribution in [0.4, 0.5) is 0 Å². The second-order valence-electron chi connectivity index (χ2n) is 6.36. The number of nitrogens with zero attached hydrogens (tertiary/aromatic N) is 3. The summed E-state index contributed by atoms with van der Waals surface area (Å²) in [4.78, 5) is 28.8. The molecule has 1 fully saturated rings. The van der Waals surface area contributed by atoms with Crippen molar-refractivity contribution in [3.8, 4) is 0 Å². The molecule has 6 heteroatoms. The molecule has 3 rings (SSSR count). The summed E-state index contributed by atoms with van der Waals surface area (Å²) < 4.78 is 1.87. The second kappa shape index (κ2) is 7.74. The van der Waals surface area contributed by atoms with Crippen molar-refractivity contribution in [2.24, 2.45) is 7.05 Å². The van der Waals surface area contributed by atoms with Gasteiger partial charge in [-0.1, -0.05) is 29.8 Å². The Morgan fingerprint density at radius 3 is 2.48 bits per heavy atom. The van der Waals surface area contributed by atoms with Gasteiger partial charge in [-0.05, 0) is 24.1 Å². The summed E-state index contributed by atoms with van der Waals surface area (Å²) in [5.74, 6) is 0.0862. The molecule has 1 aromatic carbocycles. The Balaban J connectivity index is 1.60. The van der Waals surface area contributed by atoms with Crippen molar-refractivity contribution < 1.29 is 9.59 Å². The van der Waals surface area contributed by atoms with Crippen molar-refractivity contribution in [2.75, 3.05) is 26.2 Å². The molecule has 0 bridgehead atoms. The number of aromatic nitrogens is 1. The molecule has 0 atom stereocenters. The molecular weight excluding hydrogens is 338 g/mol. The summed E-state index contributed by atoms with van der Waals surface area (Å²) in [5, 5.41) is 0.617. The van der Waals surface area contributed by atoms with Crippen LogP contribution in [-0.2, 0) is 18.3 Å². The molecule has 1 aromatic heterocycles. The predicted molar refractivity (Wildman–Crippen MR) is 97.7 cm³/mol. The summed E-state index contributed by atoms with van der Waals surface area (Å²) >= 11 is 6.15. The van der Waals surface area contributed by atoms with Crippen LogP contribution >= 0.6 is 11.6 Å². The first-order valence-corrected chi connectivity index (χ1v) is 8.85. The van der Waals surface area contributed by atoms with E-state index in [1.165, 1.54) is 0 Å². The molecule has 1 aliphatic rings. The van der Waals surface area contributed by atoms with E-state index >= 15 is 0 Å². The topological polar surface area (TPSA) is 45.6 Å². The summed E-state index contributed by atoms with van der Waals surface area (Å²) in [7, 11) is 1.90. The number of aryl methyl sites for hydroxylation is 1. The van der Waals surface area contributed by atoms with Gasteiger partial charge in [0.25, 0.3) is 5.91 Å². The maximum absolute atomic E-state index is 12.6. The number of rotatable bonds is 3. The lowest BCUT2D eigenvalue weighted by Gasteiger charge is -2.22. The van der Waals surface area contributed by atoms with Gasteiger partial charge >= 0.3 is 0 Å². The van der Waals surface area contributed by atoms with Gasteiger partial charge in [-0.15, -0.1) is 0 Å². The minimum Gasteiger partial charge on any atom is -0.356 e. The number of hydrogen-bond acceptors (Lipinski definition) is 2. The Morgan fingerprint density at radius 1 is 1.04 bits per heavy atom. The van der Waals surface area contributed by atoms with Crippen molar-refractivity contribution in [3.63, 3.8) is 0 Å². The molecule has 0 N–H and O–H groups in total. The van der Waals surface area contributed by atoms with Crippen LogP contribution in [0.2, 0.25) is 5.02 Å². The van der Waals surface area contributed by atoms with Crippen molar-refractivity contribution in [1.82, 2.24) is 14.4 Å². The molecule has 5 nitrogen and oxygen atoms in total. The van der Waals surface area contributed by atoms with Crippen LogP contribution in [0.1, 0.15) is 22.3 Å². The number of benzene rings is 1. The van der Waals surface area contributed by atoms with E-state index in [-0.39, 0.29) is 11.8 Å². The standard InChI is InChI=1S/C19H22ClN3O2/c1-21-10-7-16(14-21)19(25)23-9-4-8-22(11-12-23)18(24)13-15-5-2-3-6-17(15)20/h2-3,5-7,10,14H,4,8-9,11-13H2,1H3. The average Bonchev–Trinajstić information content (AvgIpc) is 2.89. The van der Waals surface area contributed by atoms with Crippen LogP contribution in [0.3, 0.4) is 0 Å². The van der Waals surface area contributed by atoms with Crippen LogP contribution < -0.4 is 0 Å². The summed E-state index contributed by atoms with van der Waals surface area (Å²) in [5.41, 5.74) is 1.54. The van der Waals surface area contributed by atoms with Gasteiger partial charge in [-0.2, -0.15) is 0 Å². The van der Waals surface area contributed by atoms with E-state index in [1.807, 2.05) is 58.1 Å². The maximum Gasteiger partial charge on any atom is 0.255 e. The molecule has 0 saturated carbocycles. The number of amides is 2. The number of carbonyl (C=O) groups is 2. The van der Waals surface area contributed by atoms with Gasteiger partial charge in [0.05, 0.1) is 12.0 Å². The van der Waals surface area contributed by atoms with Crippen molar-refractivity contribution in [1.29, 1.82) is 0 Å². The van der Waals surface area contributed by atoms with Gasteiger partial charge < -0.3 is 14.4 Å². The van der Waals surface area contributed by atoms with E-state index in [0.717, 1.165) is 12.0 Å². The Bertz CT molecular complexity index is 772. The predicted octanol–water partition coefficient (Wildman–Crippen LogP) is 2.60. The van der Waals surface area contributed by atoms with Gasteiger partial charge in [0, 0.05) is 50.6 Å². The fraction of sp³-hybridized carbons (Fsp3) is 0.368. The Hall–Kier alpha value is -2.27. The quantitative estimate of drug-likeness (QED) is 0.845. The molecule has 25 heavy (non-hydrogen) atoms. The molecule has 0 aliphatic carbocycles. The van der Waals surface area contributed by atoms with Gasteiger partial charge in [0.1, 0.15) is 0 Å². The fourth-order valence-electron chi connectivity index (χ4n) is 3.10. The van der Waals surface area contributed by atoms with Gasteiger partial charge in [-0.3, -0.25) is 9.59 Å². The summed E-state index contributed by atoms with van der Waals surface area (Å²) in [6, 6.07) is 9.25. The van der Waals surface area contributed by atoms with Crippen LogP contribution in [0, 0.1) is 0 Å². The van der Waals surface area contributed by atoms with E-state index in [0.29, 0.717) is 43.2 Å². The number of halogens is 1. The maximum atomic E-state index is 12.6. The fourth-order valence-corrected chi connectivity index (χ4v) is 3.30. The van der Waals surface area contributed by atoms with Gasteiger partial charge in [-0.25, -0.2) is 0 Å². The van der Waals surface area contributed by atoms with Gasteiger partial charge in [0.2, 0.25) is 5.91 Å². The highest BCUT2D eigenvalue weighted by Crippen LogP contribution is 2.17. The zero-order valence-electron chi connectivity index (χ0n) is 14.3. The minimum atomic E-state index is 0.0287. The highest BCUT2D eigenvalue weighted by atomic mass is 35.5. The SMILES string of the molecule is Cn1ccc(C(=O)N2CCCN(C(=O)Cc3ccccc3Cl)CC2)c1. The Labute approximate surface area is 152 Å². The van der Waals surface area contributed by atoms with E-state index in [4.69, 9.17) is 11.6 Å². The molecule has 1 saturated heterocycles. The van der Waals surface area contributed by atoms with Crippen LogP contribution in [0.25, 0.3) is 0 Å². The van der Waals surface area contributed by atoms with Crippen molar-refractivity contribution in [3.05, 3.63) is 58.9 Å². The normalized spacial score (nSPS) is 15.1. The molecule has 0 spiro atoms. The average molecular weight is 360 g/mol. The second-order valence-corrected chi connectivity index (χ2v) is 6.77. The van der Waals surface area contributed by atoms with E-state index < -0.39 is 0 Å². The van der Waals surface area contributed by atoms with Crippen molar-refractivity contribution in [2.45, 2.75) is 12.8 Å². The molecule has 1 aliphatic heterocycles. The highest BCUT2D eigenvalue weighted by Gasteiger charge is 2.23. The third kappa shape index (κ3) is 4.23. The summed E-state index contributed by atoms with van der Waals surface area (Å²) in [6.07, 6.45) is 4.77. The molecule has 2 amide bonds. The van der Waals surface area contributed by atoms with Crippen LogP contribution in [0.15, 0.2) is 42.7 Å². The largest absolute Gasteiger partial charge is 0.356 e. The first kappa shape index (κ1) is 17.5. The number of hydrogen-bond donors (Lipinski definition) is 0. The lowest BCUT2D eigenvalue weighted by Crippen LogP contribution is -2.37.